The van der Waals surface area contributed by atoms with Crippen LogP contribution < -0.4 is 4.90 Å². The summed E-state index contributed by atoms with van der Waals surface area (Å²) < 4.78 is 23.3. The van der Waals surface area contributed by atoms with Gasteiger partial charge >= 0.3 is 6.09 Å². The highest BCUT2D eigenvalue weighted by Gasteiger charge is 2.46. The average molecular weight is 840 g/mol. The van der Waals surface area contributed by atoms with Gasteiger partial charge in [0.25, 0.3) is 0 Å². The molecule has 0 spiro atoms. The lowest BCUT2D eigenvalue weighted by atomic mass is 9.88. The molecule has 2 saturated heterocycles. The molecule has 0 unspecified atom stereocenters. The second-order valence-electron chi connectivity index (χ2n) is 18.4. The Bertz CT molecular complexity index is 1880. The standard InChI is InChI=1S/C39H59BrN8O4Si2/c1-39(2,3)52-38(49)47-29-12-13-30(47)22-28(21-29)35-34(40)37(46(25-50-17-19-53(5,6)7)26-51-18-20-54(8,9)10)48-36(43-35)31(24-42-48)27-11-14-32(41-23-27)33-15-16-45(4)44-33/h11,14-16,23-24,28-30H,12-13,17-22,25-26H2,1-10H3/t28-,29+,30-. The van der Waals surface area contributed by atoms with Crippen LogP contribution in [0.15, 0.2) is 41.3 Å². The molecular weight excluding hydrogens is 781 g/mol. The lowest BCUT2D eigenvalue weighted by Gasteiger charge is -2.39. The first kappa shape index (κ1) is 40.5. The smallest absolute Gasteiger partial charge is 0.410 e. The van der Waals surface area contributed by atoms with Gasteiger partial charge in [-0.05, 0) is 86.6 Å². The van der Waals surface area contributed by atoms with Gasteiger partial charge < -0.3 is 24.0 Å². The molecule has 6 rings (SSSR count). The number of amides is 1. The minimum absolute atomic E-state index is 0.0931. The number of hydrogen-bond donors (Lipinski definition) is 0. The van der Waals surface area contributed by atoms with E-state index in [1.54, 1.807) is 4.68 Å². The number of aryl methyl sites for hydroxylation is 1. The average Bonchev–Trinajstić information content (AvgIpc) is 3.77. The summed E-state index contributed by atoms with van der Waals surface area (Å²) in [7, 11) is -0.687. The van der Waals surface area contributed by atoms with Crippen molar-refractivity contribution in [2.45, 2.75) is 121 Å². The Morgan fingerprint density at radius 3 is 2.07 bits per heavy atom. The lowest BCUT2D eigenvalue weighted by Crippen LogP contribution is -2.48. The third-order valence-electron chi connectivity index (χ3n) is 10.2. The minimum Gasteiger partial charge on any atom is -0.444 e. The van der Waals surface area contributed by atoms with E-state index in [0.29, 0.717) is 26.7 Å². The van der Waals surface area contributed by atoms with E-state index in [-0.39, 0.29) is 24.1 Å². The number of piperidine rings is 1. The summed E-state index contributed by atoms with van der Waals surface area (Å²) in [5.41, 5.74) is 4.59. The van der Waals surface area contributed by atoms with Gasteiger partial charge in [-0.3, -0.25) is 9.67 Å². The van der Waals surface area contributed by atoms with Crippen molar-refractivity contribution >= 4 is 49.6 Å². The number of hydrogen-bond acceptors (Lipinski definition) is 9. The highest BCUT2D eigenvalue weighted by molar-refractivity contribution is 9.10. The zero-order valence-electron chi connectivity index (χ0n) is 33.9. The SMILES string of the molecule is Cn1ccc(-c2ccc(-c3cnn4c(N(COCC[Si](C)(C)C)COCC[Si](C)(C)C)c(Br)c([C@H]5C[C@H]6CC[C@@H](C5)N6C(=O)OC(C)(C)C)nc34)cn2)n1. The van der Waals surface area contributed by atoms with Crippen molar-refractivity contribution in [2.24, 2.45) is 7.05 Å². The van der Waals surface area contributed by atoms with Crippen molar-refractivity contribution in [1.29, 1.82) is 0 Å². The second kappa shape index (κ2) is 16.2. The largest absolute Gasteiger partial charge is 0.444 e. The van der Waals surface area contributed by atoms with Crippen LogP contribution in [-0.2, 0) is 21.3 Å². The molecule has 2 fully saturated rings. The maximum absolute atomic E-state index is 13.4. The van der Waals surface area contributed by atoms with Crippen LogP contribution in [0, 0.1) is 0 Å². The summed E-state index contributed by atoms with van der Waals surface area (Å²) in [6, 6.07) is 8.35. The van der Waals surface area contributed by atoms with Gasteiger partial charge in [0.05, 0.1) is 22.1 Å². The number of anilines is 1. The van der Waals surface area contributed by atoms with E-state index in [4.69, 9.17) is 29.3 Å². The van der Waals surface area contributed by atoms with E-state index in [0.717, 1.165) is 81.9 Å². The fourth-order valence-electron chi connectivity index (χ4n) is 7.26. The molecule has 15 heteroatoms. The molecule has 4 aromatic rings. The van der Waals surface area contributed by atoms with Gasteiger partial charge in [-0.15, -0.1) is 0 Å². The first-order valence-corrected chi connectivity index (χ1v) is 27.5. The number of halogens is 1. The number of nitrogens with zero attached hydrogens (tertiary/aromatic N) is 8. The number of ether oxygens (including phenoxy) is 3. The molecule has 12 nitrogen and oxygen atoms in total. The van der Waals surface area contributed by atoms with Crippen LogP contribution in [0.4, 0.5) is 10.6 Å². The van der Waals surface area contributed by atoms with E-state index in [1.165, 1.54) is 0 Å². The Labute approximate surface area is 331 Å². The molecule has 0 radical (unpaired) electrons. The van der Waals surface area contributed by atoms with E-state index in [2.05, 4.69) is 71.3 Å². The van der Waals surface area contributed by atoms with E-state index < -0.39 is 21.7 Å². The molecule has 4 aromatic heterocycles. The maximum atomic E-state index is 13.4. The molecule has 1 amide bonds. The number of rotatable bonds is 14. The maximum Gasteiger partial charge on any atom is 0.410 e. The van der Waals surface area contributed by atoms with Gasteiger partial charge in [-0.2, -0.15) is 14.7 Å². The highest BCUT2D eigenvalue weighted by atomic mass is 79.9. The van der Waals surface area contributed by atoms with Gasteiger partial charge in [0, 0.05) is 77.9 Å². The number of fused-ring (bicyclic) bond motifs is 3. The fraction of sp³-hybridized carbons (Fsp3) is 0.615. The molecule has 3 atom stereocenters. The van der Waals surface area contributed by atoms with E-state index in [9.17, 15) is 4.79 Å². The van der Waals surface area contributed by atoms with Crippen molar-refractivity contribution in [1.82, 2.24) is 34.3 Å². The third-order valence-corrected chi connectivity index (χ3v) is 14.3. The lowest BCUT2D eigenvalue weighted by molar-refractivity contribution is 0.00566. The first-order valence-electron chi connectivity index (χ1n) is 19.3. The number of carbonyl (C=O) groups is 1. The molecule has 2 bridgehead atoms. The summed E-state index contributed by atoms with van der Waals surface area (Å²) in [4.78, 5) is 27.7. The molecule has 54 heavy (non-hydrogen) atoms. The quantitative estimate of drug-likeness (QED) is 0.0698. The predicted molar refractivity (Wildman–Crippen MR) is 223 cm³/mol. The van der Waals surface area contributed by atoms with Crippen molar-refractivity contribution in [3.05, 3.63) is 47.0 Å². The molecule has 2 aliphatic rings. The summed E-state index contributed by atoms with van der Waals surface area (Å²) in [6.45, 7) is 22.1. The highest BCUT2D eigenvalue weighted by Crippen LogP contribution is 2.47. The predicted octanol–water partition coefficient (Wildman–Crippen LogP) is 9.03. The van der Waals surface area contributed by atoms with Crippen LogP contribution in [-0.4, -0.2) is 101 Å². The van der Waals surface area contributed by atoms with Crippen molar-refractivity contribution in [3.63, 3.8) is 0 Å². The van der Waals surface area contributed by atoms with Crippen LogP contribution in [0.25, 0.3) is 28.2 Å². The van der Waals surface area contributed by atoms with Gasteiger partial charge in [-0.25, -0.2) is 9.78 Å². The Hall–Kier alpha value is -3.12. The van der Waals surface area contributed by atoms with Crippen LogP contribution >= 0.6 is 15.9 Å². The number of pyridine rings is 1. The summed E-state index contributed by atoms with van der Waals surface area (Å²) in [5.74, 6) is 0.969. The van der Waals surface area contributed by atoms with Crippen LogP contribution in [0.1, 0.15) is 58.1 Å². The zero-order valence-corrected chi connectivity index (χ0v) is 37.4. The molecule has 6 heterocycles. The van der Waals surface area contributed by atoms with Gasteiger partial charge in [0.15, 0.2) is 11.5 Å². The zero-order chi connectivity index (χ0) is 39.0. The molecule has 0 saturated carbocycles. The monoisotopic (exact) mass is 838 g/mol. The fourth-order valence-corrected chi connectivity index (χ4v) is 9.60. The Morgan fingerprint density at radius 2 is 1.56 bits per heavy atom. The van der Waals surface area contributed by atoms with Crippen molar-refractivity contribution < 1.29 is 19.0 Å². The Morgan fingerprint density at radius 1 is 0.926 bits per heavy atom. The van der Waals surface area contributed by atoms with Crippen molar-refractivity contribution in [3.8, 4) is 22.5 Å². The number of carbonyl (C=O) groups excluding carboxylic acids is 1. The second-order valence-corrected chi connectivity index (χ2v) is 30.4. The van der Waals surface area contributed by atoms with Gasteiger partial charge in [0.1, 0.15) is 24.8 Å². The van der Waals surface area contributed by atoms with Crippen LogP contribution in [0.2, 0.25) is 51.4 Å². The van der Waals surface area contributed by atoms with Gasteiger partial charge in [-0.1, -0.05) is 45.3 Å². The summed E-state index contributed by atoms with van der Waals surface area (Å²) in [5, 5.41) is 9.49. The molecule has 0 N–H and O–H groups in total. The first-order chi connectivity index (χ1) is 25.4. The van der Waals surface area contributed by atoms with Crippen LogP contribution in [0.3, 0.4) is 0 Å². The number of aromatic nitrogens is 6. The topological polar surface area (TPSA) is 112 Å². The Kier molecular flexibility index (Phi) is 12.1. The van der Waals surface area contributed by atoms with Gasteiger partial charge in [0.2, 0.25) is 0 Å². The normalized spacial score (nSPS) is 19.2. The van der Waals surface area contributed by atoms with Crippen LogP contribution in [0.5, 0.6) is 0 Å². The molecule has 2 aliphatic heterocycles. The van der Waals surface area contributed by atoms with E-state index >= 15 is 0 Å². The summed E-state index contributed by atoms with van der Waals surface area (Å²) in [6.07, 6.45) is 8.99. The third kappa shape index (κ3) is 9.81. The molecular formula is C39H59BrN8O4Si2. The van der Waals surface area contributed by atoms with Crippen molar-refractivity contribution in [2.75, 3.05) is 31.6 Å². The van der Waals surface area contributed by atoms with E-state index in [1.807, 2.05) is 68.0 Å². The minimum atomic E-state index is -1.30. The Balaban J connectivity index is 1.39. The molecule has 294 valence electrons. The molecule has 0 aromatic carbocycles. The molecule has 0 aliphatic carbocycles. The summed E-state index contributed by atoms with van der Waals surface area (Å²) >= 11 is 4.08.